The Morgan fingerprint density at radius 1 is 0.865 bits per heavy atom. The van der Waals surface area contributed by atoms with Gasteiger partial charge in [-0.1, -0.05) is 81.4 Å². The van der Waals surface area contributed by atoms with Crippen LogP contribution < -0.4 is 5.32 Å². The maximum Gasteiger partial charge on any atom is 0.410 e. The van der Waals surface area contributed by atoms with Gasteiger partial charge in [-0.15, -0.1) is 0 Å². The van der Waals surface area contributed by atoms with Crippen LogP contribution in [0.3, 0.4) is 0 Å². The highest BCUT2D eigenvalue weighted by molar-refractivity contribution is 5.79. The third-order valence-electron chi connectivity index (χ3n) is 8.47. The fourth-order valence-electron chi connectivity index (χ4n) is 5.95. The zero-order valence-corrected chi connectivity index (χ0v) is 22.8. The predicted molar refractivity (Wildman–Crippen MR) is 152 cm³/mol. The van der Waals surface area contributed by atoms with Gasteiger partial charge >= 0.3 is 6.09 Å². The summed E-state index contributed by atoms with van der Waals surface area (Å²) in [5.74, 6) is 0.474. The summed E-state index contributed by atoms with van der Waals surface area (Å²) >= 11 is 0. The summed E-state index contributed by atoms with van der Waals surface area (Å²) in [6.45, 7) is 8.91. The number of benzene rings is 3. The zero-order chi connectivity index (χ0) is 26.2. The topological polar surface area (TPSA) is 41.6 Å². The van der Waals surface area contributed by atoms with Gasteiger partial charge in [-0.25, -0.2) is 4.79 Å². The molecular weight excluding hydrogens is 456 g/mol. The molecule has 5 rings (SSSR count). The lowest BCUT2D eigenvalue weighted by atomic mass is 9.81. The van der Waals surface area contributed by atoms with Crippen LogP contribution in [0.5, 0.6) is 0 Å². The predicted octanol–water partition coefficient (Wildman–Crippen LogP) is 8.18. The van der Waals surface area contributed by atoms with Crippen molar-refractivity contribution in [1.82, 2.24) is 4.90 Å². The van der Waals surface area contributed by atoms with E-state index in [-0.39, 0.29) is 23.7 Å². The summed E-state index contributed by atoms with van der Waals surface area (Å²) in [6.07, 6.45) is 3.84. The fourth-order valence-corrected chi connectivity index (χ4v) is 5.95. The minimum atomic E-state index is -0.348. The fraction of sp³-hybridized carbons (Fsp3) is 0.424. The van der Waals surface area contributed by atoms with E-state index < -0.39 is 0 Å². The number of nitrogens with zero attached hydrogens (tertiary/aromatic N) is 1. The number of fused-ring (bicyclic) bond motifs is 3. The van der Waals surface area contributed by atoms with E-state index in [9.17, 15) is 4.79 Å². The standard InChI is InChI=1S/C33H40N2O2/c1-22(23-14-18-25(19-15-23)34-26-20-16-24(17-21-26)33(2,3)4)35(5)32(36)37-31-29-12-8-6-10-27(29)28-11-7-9-13-30(28)31/h6-13,16-17,20-23,25,31,34H,14-15,18-19H2,1-5H3. The van der Waals surface area contributed by atoms with E-state index in [1.165, 1.54) is 11.3 Å². The lowest BCUT2D eigenvalue weighted by Crippen LogP contribution is -2.42. The largest absolute Gasteiger partial charge is 0.436 e. The van der Waals surface area contributed by atoms with Gasteiger partial charge in [-0.2, -0.15) is 0 Å². The van der Waals surface area contributed by atoms with E-state index in [0.29, 0.717) is 12.0 Å². The van der Waals surface area contributed by atoms with Gasteiger partial charge in [-0.05, 0) is 72.8 Å². The van der Waals surface area contributed by atoms with Crippen LogP contribution in [0.1, 0.15) is 76.2 Å². The molecule has 3 aromatic rings. The quantitative estimate of drug-likeness (QED) is 0.387. The number of carbonyl (C=O) groups is 1. The summed E-state index contributed by atoms with van der Waals surface area (Å²) in [5.41, 5.74) is 7.18. The number of ether oxygens (including phenoxy) is 1. The van der Waals surface area contributed by atoms with Crippen LogP contribution in [-0.4, -0.2) is 30.1 Å². The van der Waals surface area contributed by atoms with E-state index in [1.54, 1.807) is 0 Å². The van der Waals surface area contributed by atoms with Gasteiger partial charge in [0, 0.05) is 35.9 Å². The molecule has 3 aromatic carbocycles. The molecule has 37 heavy (non-hydrogen) atoms. The smallest absolute Gasteiger partial charge is 0.410 e. The van der Waals surface area contributed by atoms with Crippen molar-refractivity contribution in [1.29, 1.82) is 0 Å². The van der Waals surface area contributed by atoms with Gasteiger partial charge in [0.15, 0.2) is 6.10 Å². The van der Waals surface area contributed by atoms with Crippen LogP contribution in [0.25, 0.3) is 11.1 Å². The minimum absolute atomic E-state index is 0.131. The highest BCUT2D eigenvalue weighted by Crippen LogP contribution is 2.45. The molecule has 0 saturated heterocycles. The Kier molecular flexibility index (Phi) is 7.02. The van der Waals surface area contributed by atoms with Crippen LogP contribution in [0.2, 0.25) is 0 Å². The van der Waals surface area contributed by atoms with Crippen molar-refractivity contribution in [3.63, 3.8) is 0 Å². The van der Waals surface area contributed by atoms with E-state index >= 15 is 0 Å². The molecule has 1 fully saturated rings. The van der Waals surface area contributed by atoms with Gasteiger partial charge in [0.2, 0.25) is 0 Å². The van der Waals surface area contributed by atoms with Crippen molar-refractivity contribution in [2.45, 2.75) is 77.0 Å². The highest BCUT2D eigenvalue weighted by atomic mass is 16.6. The molecule has 1 saturated carbocycles. The van der Waals surface area contributed by atoms with Gasteiger partial charge < -0.3 is 15.0 Å². The van der Waals surface area contributed by atoms with Crippen molar-refractivity contribution in [3.05, 3.63) is 89.5 Å². The first-order chi connectivity index (χ1) is 17.7. The molecular formula is C33H40N2O2. The summed E-state index contributed by atoms with van der Waals surface area (Å²) in [4.78, 5) is 15.1. The van der Waals surface area contributed by atoms with Gasteiger partial charge in [0.1, 0.15) is 0 Å². The molecule has 4 nitrogen and oxygen atoms in total. The van der Waals surface area contributed by atoms with Gasteiger partial charge in [0.25, 0.3) is 0 Å². The zero-order valence-electron chi connectivity index (χ0n) is 22.8. The van der Waals surface area contributed by atoms with Crippen LogP contribution in [0, 0.1) is 5.92 Å². The molecule has 2 aliphatic carbocycles. The average molecular weight is 497 g/mol. The molecule has 0 radical (unpaired) electrons. The van der Waals surface area contributed by atoms with E-state index in [0.717, 1.165) is 47.9 Å². The highest BCUT2D eigenvalue weighted by Gasteiger charge is 2.34. The average Bonchev–Trinajstić information content (AvgIpc) is 3.21. The second-order valence-electron chi connectivity index (χ2n) is 11.9. The van der Waals surface area contributed by atoms with Crippen LogP contribution in [-0.2, 0) is 10.2 Å². The molecule has 0 aromatic heterocycles. The summed E-state index contributed by atoms with van der Waals surface area (Å²) in [6, 6.07) is 26.0. The molecule has 1 amide bonds. The molecule has 0 spiro atoms. The molecule has 0 aliphatic heterocycles. The first-order valence-electron chi connectivity index (χ1n) is 13.7. The molecule has 194 valence electrons. The van der Waals surface area contributed by atoms with Crippen LogP contribution in [0.15, 0.2) is 72.8 Å². The lowest BCUT2D eigenvalue weighted by molar-refractivity contribution is 0.0625. The Balaban J connectivity index is 1.17. The maximum absolute atomic E-state index is 13.3. The molecule has 0 heterocycles. The Morgan fingerprint density at radius 3 is 1.95 bits per heavy atom. The third-order valence-corrected chi connectivity index (χ3v) is 8.47. The maximum atomic E-state index is 13.3. The summed E-state index contributed by atoms with van der Waals surface area (Å²) < 4.78 is 6.15. The van der Waals surface area contributed by atoms with E-state index in [1.807, 2.05) is 36.2 Å². The number of anilines is 1. The second kappa shape index (κ2) is 10.2. The molecule has 2 aliphatic rings. The van der Waals surface area contributed by atoms with Crippen molar-refractivity contribution >= 4 is 11.8 Å². The van der Waals surface area contributed by atoms with Crippen LogP contribution in [0.4, 0.5) is 10.5 Å². The molecule has 4 heteroatoms. The number of amides is 1. The van der Waals surface area contributed by atoms with Gasteiger partial charge in [0.05, 0.1) is 0 Å². The first-order valence-corrected chi connectivity index (χ1v) is 13.7. The summed E-state index contributed by atoms with van der Waals surface area (Å²) in [7, 11) is 1.89. The normalized spacial score (nSPS) is 20.0. The van der Waals surface area contributed by atoms with Crippen molar-refractivity contribution in [2.75, 3.05) is 12.4 Å². The number of hydrogen-bond donors (Lipinski definition) is 1. The minimum Gasteiger partial charge on any atom is -0.436 e. The molecule has 1 unspecified atom stereocenters. The third kappa shape index (κ3) is 5.25. The number of nitrogens with one attached hydrogen (secondary N) is 1. The molecule has 0 bridgehead atoms. The Labute approximate surface area is 222 Å². The first kappa shape index (κ1) is 25.4. The van der Waals surface area contributed by atoms with E-state index in [4.69, 9.17) is 4.74 Å². The van der Waals surface area contributed by atoms with Crippen molar-refractivity contribution in [2.24, 2.45) is 5.92 Å². The van der Waals surface area contributed by atoms with Crippen LogP contribution >= 0.6 is 0 Å². The molecule has 1 N–H and O–H groups in total. The van der Waals surface area contributed by atoms with Crippen molar-refractivity contribution in [3.8, 4) is 11.1 Å². The lowest BCUT2D eigenvalue weighted by Gasteiger charge is -2.37. The number of rotatable bonds is 5. The Hall–Kier alpha value is -3.27. The number of carbonyl (C=O) groups excluding carboxylic acids is 1. The van der Waals surface area contributed by atoms with Gasteiger partial charge in [-0.3, -0.25) is 0 Å². The summed E-state index contributed by atoms with van der Waals surface area (Å²) in [5, 5.41) is 3.73. The Morgan fingerprint density at radius 2 is 1.41 bits per heavy atom. The SMILES string of the molecule is CC(C1CCC(Nc2ccc(C(C)(C)C)cc2)CC1)N(C)C(=O)OC1c2ccccc2-c2ccccc21. The monoisotopic (exact) mass is 496 g/mol. The van der Waals surface area contributed by atoms with E-state index in [2.05, 4.69) is 81.5 Å². The molecule has 1 atom stereocenters. The number of hydrogen-bond acceptors (Lipinski definition) is 3. The Bertz CT molecular complexity index is 1190. The second-order valence-corrected chi connectivity index (χ2v) is 11.9. The van der Waals surface area contributed by atoms with Crippen molar-refractivity contribution < 1.29 is 9.53 Å².